The van der Waals surface area contributed by atoms with E-state index in [4.69, 9.17) is 0 Å². The van der Waals surface area contributed by atoms with Crippen LogP contribution in [0.3, 0.4) is 0 Å². The van der Waals surface area contributed by atoms with Crippen molar-refractivity contribution in [2.75, 3.05) is 0 Å². The highest BCUT2D eigenvalue weighted by Gasteiger charge is 2.25. The standard InChI is InChI=1S/C12H10N4O/c17-12-9-7-13-11-3-5-14-16(11)10(9)4-6-15(12)8-1-2-8/h3-8H,1-2H2. The molecule has 0 aliphatic heterocycles. The van der Waals surface area contributed by atoms with Crippen LogP contribution in [0.5, 0.6) is 0 Å². The van der Waals surface area contributed by atoms with Gasteiger partial charge in [-0.3, -0.25) is 4.79 Å². The Morgan fingerprint density at radius 1 is 1.29 bits per heavy atom. The monoisotopic (exact) mass is 226 g/mol. The third-order valence-electron chi connectivity index (χ3n) is 3.25. The molecule has 0 atom stereocenters. The van der Waals surface area contributed by atoms with Gasteiger partial charge in [0, 0.05) is 24.5 Å². The van der Waals surface area contributed by atoms with Crippen molar-refractivity contribution in [3.05, 3.63) is 41.1 Å². The van der Waals surface area contributed by atoms with Gasteiger partial charge in [0.15, 0.2) is 5.65 Å². The molecule has 3 heterocycles. The summed E-state index contributed by atoms with van der Waals surface area (Å²) < 4.78 is 3.51. The van der Waals surface area contributed by atoms with Crippen molar-refractivity contribution in [3.8, 4) is 0 Å². The average Bonchev–Trinajstić information content (AvgIpc) is 3.06. The van der Waals surface area contributed by atoms with Gasteiger partial charge in [0.25, 0.3) is 5.56 Å². The highest BCUT2D eigenvalue weighted by molar-refractivity contribution is 5.79. The topological polar surface area (TPSA) is 52.2 Å². The van der Waals surface area contributed by atoms with Crippen LogP contribution < -0.4 is 5.56 Å². The van der Waals surface area contributed by atoms with Crippen LogP contribution in [0.15, 0.2) is 35.5 Å². The molecule has 3 aromatic heterocycles. The Morgan fingerprint density at radius 2 is 2.18 bits per heavy atom. The molecular formula is C12H10N4O. The number of aromatic nitrogens is 4. The summed E-state index contributed by atoms with van der Waals surface area (Å²) >= 11 is 0. The SMILES string of the molecule is O=c1c2cnc3ccnn3c2ccn1C1CC1. The van der Waals surface area contributed by atoms with Crippen LogP contribution in [-0.4, -0.2) is 19.2 Å². The lowest BCUT2D eigenvalue weighted by Gasteiger charge is -2.05. The van der Waals surface area contributed by atoms with E-state index >= 15 is 0 Å². The zero-order valence-electron chi connectivity index (χ0n) is 9.08. The minimum Gasteiger partial charge on any atom is -0.312 e. The second kappa shape index (κ2) is 2.94. The van der Waals surface area contributed by atoms with E-state index in [-0.39, 0.29) is 5.56 Å². The zero-order chi connectivity index (χ0) is 11.4. The lowest BCUT2D eigenvalue weighted by Crippen LogP contribution is -2.19. The summed E-state index contributed by atoms with van der Waals surface area (Å²) in [7, 11) is 0. The Morgan fingerprint density at radius 3 is 3.00 bits per heavy atom. The largest absolute Gasteiger partial charge is 0.312 e. The fraction of sp³-hybridized carbons (Fsp3) is 0.250. The highest BCUT2D eigenvalue weighted by Crippen LogP contribution is 2.33. The summed E-state index contributed by atoms with van der Waals surface area (Å²) in [5.41, 5.74) is 1.62. The van der Waals surface area contributed by atoms with E-state index in [0.717, 1.165) is 24.0 Å². The van der Waals surface area contributed by atoms with Gasteiger partial charge in [-0.1, -0.05) is 0 Å². The van der Waals surface area contributed by atoms with E-state index in [9.17, 15) is 4.79 Å². The molecule has 0 bridgehead atoms. The molecule has 84 valence electrons. The molecule has 5 heteroatoms. The molecular weight excluding hydrogens is 216 g/mol. The second-order valence-corrected chi connectivity index (χ2v) is 4.42. The number of pyridine rings is 1. The summed E-state index contributed by atoms with van der Waals surface area (Å²) in [4.78, 5) is 16.5. The van der Waals surface area contributed by atoms with Crippen molar-refractivity contribution in [1.82, 2.24) is 19.2 Å². The van der Waals surface area contributed by atoms with Gasteiger partial charge in [-0.25, -0.2) is 9.50 Å². The van der Waals surface area contributed by atoms with Crippen molar-refractivity contribution in [3.63, 3.8) is 0 Å². The van der Waals surface area contributed by atoms with Gasteiger partial charge in [0.1, 0.15) is 0 Å². The van der Waals surface area contributed by atoms with E-state index in [0.29, 0.717) is 11.4 Å². The van der Waals surface area contributed by atoms with Crippen molar-refractivity contribution in [2.45, 2.75) is 18.9 Å². The smallest absolute Gasteiger partial charge is 0.261 e. The molecule has 17 heavy (non-hydrogen) atoms. The van der Waals surface area contributed by atoms with Crippen molar-refractivity contribution in [2.24, 2.45) is 0 Å². The van der Waals surface area contributed by atoms with Crippen molar-refractivity contribution >= 4 is 16.6 Å². The molecule has 0 unspecified atom stereocenters. The Hall–Kier alpha value is -2.17. The Balaban J connectivity index is 2.17. The van der Waals surface area contributed by atoms with Crippen LogP contribution in [0.25, 0.3) is 16.6 Å². The van der Waals surface area contributed by atoms with Gasteiger partial charge in [0.05, 0.1) is 17.1 Å². The first-order chi connectivity index (χ1) is 8.34. The van der Waals surface area contributed by atoms with E-state index < -0.39 is 0 Å². The van der Waals surface area contributed by atoms with E-state index in [2.05, 4.69) is 10.1 Å². The van der Waals surface area contributed by atoms with Gasteiger partial charge >= 0.3 is 0 Å². The summed E-state index contributed by atoms with van der Waals surface area (Å²) in [6, 6.07) is 4.16. The van der Waals surface area contributed by atoms with Gasteiger partial charge in [-0.15, -0.1) is 0 Å². The van der Waals surface area contributed by atoms with Crippen LogP contribution in [-0.2, 0) is 0 Å². The molecule has 1 fully saturated rings. The predicted molar refractivity (Wildman–Crippen MR) is 63.0 cm³/mol. The lowest BCUT2D eigenvalue weighted by atomic mass is 10.3. The maximum absolute atomic E-state index is 12.3. The second-order valence-electron chi connectivity index (χ2n) is 4.42. The number of nitrogens with zero attached hydrogens (tertiary/aromatic N) is 4. The summed E-state index contributed by atoms with van der Waals surface area (Å²) in [6.45, 7) is 0. The van der Waals surface area contributed by atoms with Crippen LogP contribution in [0.2, 0.25) is 0 Å². The minimum atomic E-state index is 0.0369. The minimum absolute atomic E-state index is 0.0369. The van der Waals surface area contributed by atoms with E-state index in [1.54, 1.807) is 21.5 Å². The molecule has 0 radical (unpaired) electrons. The Bertz CT molecular complexity index is 782. The van der Waals surface area contributed by atoms with Gasteiger partial charge in [-0.05, 0) is 18.9 Å². The maximum Gasteiger partial charge on any atom is 0.261 e. The van der Waals surface area contributed by atoms with Gasteiger partial charge in [0.2, 0.25) is 0 Å². The molecule has 4 rings (SSSR count). The predicted octanol–water partition coefficient (Wildman–Crippen LogP) is 1.38. The summed E-state index contributed by atoms with van der Waals surface area (Å²) in [5, 5.41) is 4.82. The Labute approximate surface area is 96.3 Å². The normalized spacial score (nSPS) is 15.8. The maximum atomic E-state index is 12.3. The average molecular weight is 226 g/mol. The van der Waals surface area contributed by atoms with Crippen LogP contribution in [0, 0.1) is 0 Å². The molecule has 0 saturated heterocycles. The van der Waals surface area contributed by atoms with E-state index in [1.807, 2.05) is 18.3 Å². The third-order valence-corrected chi connectivity index (χ3v) is 3.25. The molecule has 0 spiro atoms. The fourth-order valence-electron chi connectivity index (χ4n) is 2.21. The van der Waals surface area contributed by atoms with Crippen molar-refractivity contribution in [1.29, 1.82) is 0 Å². The molecule has 0 N–H and O–H groups in total. The quantitative estimate of drug-likeness (QED) is 0.630. The number of fused-ring (bicyclic) bond motifs is 3. The first kappa shape index (κ1) is 8.92. The van der Waals surface area contributed by atoms with Gasteiger partial charge in [-0.2, -0.15) is 5.10 Å². The fourth-order valence-corrected chi connectivity index (χ4v) is 2.21. The van der Waals surface area contributed by atoms with E-state index in [1.165, 1.54) is 0 Å². The lowest BCUT2D eigenvalue weighted by molar-refractivity contribution is 0.713. The molecule has 3 aromatic rings. The van der Waals surface area contributed by atoms with Crippen LogP contribution in [0.1, 0.15) is 18.9 Å². The number of hydrogen-bond donors (Lipinski definition) is 0. The number of rotatable bonds is 1. The van der Waals surface area contributed by atoms with Crippen LogP contribution in [0.4, 0.5) is 0 Å². The van der Waals surface area contributed by atoms with Gasteiger partial charge < -0.3 is 4.57 Å². The molecule has 1 aliphatic carbocycles. The zero-order valence-corrected chi connectivity index (χ0v) is 9.08. The molecule has 1 saturated carbocycles. The molecule has 0 aromatic carbocycles. The van der Waals surface area contributed by atoms with Crippen LogP contribution >= 0.6 is 0 Å². The Kier molecular flexibility index (Phi) is 1.54. The molecule has 0 amide bonds. The molecule has 5 nitrogen and oxygen atoms in total. The summed E-state index contributed by atoms with van der Waals surface area (Å²) in [5.74, 6) is 0. The van der Waals surface area contributed by atoms with Crippen molar-refractivity contribution < 1.29 is 0 Å². The summed E-state index contributed by atoms with van der Waals surface area (Å²) in [6.07, 6.45) is 7.40. The molecule has 1 aliphatic rings. The first-order valence-electron chi connectivity index (χ1n) is 5.68. The third kappa shape index (κ3) is 1.16. The first-order valence-corrected chi connectivity index (χ1v) is 5.68. The number of hydrogen-bond acceptors (Lipinski definition) is 3. The highest BCUT2D eigenvalue weighted by atomic mass is 16.1.